The number of carbonyl (C=O) groups is 1. The highest BCUT2D eigenvalue weighted by atomic mass is 35.5. The lowest BCUT2D eigenvalue weighted by atomic mass is 9.75. The summed E-state index contributed by atoms with van der Waals surface area (Å²) in [6.07, 6.45) is 6.19. The summed E-state index contributed by atoms with van der Waals surface area (Å²) in [5.74, 6) is 0.729. The molecule has 0 spiro atoms. The molecule has 196 valence electrons. The van der Waals surface area contributed by atoms with Crippen molar-refractivity contribution in [2.75, 3.05) is 48.3 Å². The number of ether oxygens (including phenoxy) is 1. The molecule has 3 fully saturated rings. The molecule has 0 radical (unpaired) electrons. The summed E-state index contributed by atoms with van der Waals surface area (Å²) >= 11 is 7.19. The van der Waals surface area contributed by atoms with Crippen LogP contribution >= 0.6 is 22.9 Å². The number of aromatic nitrogens is 4. The van der Waals surface area contributed by atoms with Gasteiger partial charge < -0.3 is 20.3 Å². The van der Waals surface area contributed by atoms with E-state index >= 15 is 0 Å². The maximum atomic E-state index is 12.7. The molecular formula is C24H35ClN8O2S. The molecule has 1 unspecified atom stereocenters. The van der Waals surface area contributed by atoms with Crippen molar-refractivity contribution in [1.29, 1.82) is 0 Å². The van der Waals surface area contributed by atoms with Gasteiger partial charge in [-0.3, -0.25) is 9.69 Å². The topological polar surface area (TPSA) is 108 Å². The molecule has 2 N–H and O–H groups in total. The van der Waals surface area contributed by atoms with Gasteiger partial charge in [0.1, 0.15) is 0 Å². The van der Waals surface area contributed by atoms with Gasteiger partial charge in [0.15, 0.2) is 11.0 Å². The highest BCUT2D eigenvalue weighted by Crippen LogP contribution is 2.37. The van der Waals surface area contributed by atoms with Crippen LogP contribution in [0.2, 0.25) is 5.15 Å². The second-order valence-electron chi connectivity index (χ2n) is 10.8. The van der Waals surface area contributed by atoms with Gasteiger partial charge in [-0.25, -0.2) is 0 Å². The van der Waals surface area contributed by atoms with Gasteiger partial charge in [0, 0.05) is 38.3 Å². The zero-order chi connectivity index (χ0) is 25.1. The first-order valence-electron chi connectivity index (χ1n) is 12.8. The first-order chi connectivity index (χ1) is 17.3. The summed E-state index contributed by atoms with van der Waals surface area (Å²) in [6, 6.07) is 4.45. The fourth-order valence-electron chi connectivity index (χ4n) is 5.39. The molecule has 12 heteroatoms. The predicted molar refractivity (Wildman–Crippen MR) is 142 cm³/mol. The summed E-state index contributed by atoms with van der Waals surface area (Å²) in [5.41, 5.74) is 0.458. The minimum absolute atomic E-state index is 0.0809. The first kappa shape index (κ1) is 25.6. The van der Waals surface area contributed by atoms with E-state index in [9.17, 15) is 4.79 Å². The molecule has 1 aliphatic carbocycles. The third-order valence-electron chi connectivity index (χ3n) is 7.54. The third kappa shape index (κ3) is 6.62. The molecule has 5 rings (SSSR count). The third-order valence-corrected chi connectivity index (χ3v) is 8.51. The Morgan fingerprint density at radius 1 is 1.11 bits per heavy atom. The van der Waals surface area contributed by atoms with Crippen LogP contribution in [0.5, 0.6) is 0 Å². The molecule has 2 aliphatic heterocycles. The van der Waals surface area contributed by atoms with Crippen LogP contribution in [-0.2, 0) is 9.53 Å². The average Bonchev–Trinajstić information content (AvgIpc) is 3.49. The van der Waals surface area contributed by atoms with Crippen LogP contribution in [0.3, 0.4) is 0 Å². The van der Waals surface area contributed by atoms with E-state index in [-0.39, 0.29) is 18.1 Å². The van der Waals surface area contributed by atoms with Gasteiger partial charge in [0.25, 0.3) is 0 Å². The van der Waals surface area contributed by atoms with Crippen LogP contribution in [0.1, 0.15) is 52.4 Å². The number of hydrogen-bond acceptors (Lipinski definition) is 10. The number of hydrogen-bond donors (Lipinski definition) is 2. The van der Waals surface area contributed by atoms with Gasteiger partial charge in [-0.15, -0.1) is 20.4 Å². The van der Waals surface area contributed by atoms with Gasteiger partial charge in [-0.1, -0.05) is 36.8 Å². The normalized spacial score (nSPS) is 25.1. The van der Waals surface area contributed by atoms with Crippen molar-refractivity contribution in [2.45, 2.75) is 70.6 Å². The van der Waals surface area contributed by atoms with Gasteiger partial charge in [-0.05, 0) is 49.7 Å². The molecule has 36 heavy (non-hydrogen) atoms. The number of nitrogens with one attached hydrogen (secondary N) is 2. The Morgan fingerprint density at radius 3 is 2.69 bits per heavy atom. The average molecular weight is 535 g/mol. The van der Waals surface area contributed by atoms with Gasteiger partial charge in [-0.2, -0.15) is 0 Å². The molecule has 1 amide bonds. The number of rotatable bonds is 7. The standard InChI is InChI=1S/C24H35ClN8O2S/c1-24(2)8-5-17(6-9-24)32-11-12-35-18(15-32)13-21(34)27-23-31-30-22(36-23)26-16-7-10-33(14-16)20-4-3-19(25)28-29-20/h3-4,16-18H,5-15H2,1-2H3,(H,26,30)(H,27,31,34)/t16-,18?/m1/s1. The Labute approximate surface area is 221 Å². The lowest BCUT2D eigenvalue weighted by Crippen LogP contribution is -2.50. The zero-order valence-electron chi connectivity index (χ0n) is 21.0. The molecule has 1 saturated carbocycles. The van der Waals surface area contributed by atoms with Crippen LogP contribution in [0.4, 0.5) is 16.1 Å². The van der Waals surface area contributed by atoms with E-state index in [4.69, 9.17) is 16.3 Å². The molecule has 4 heterocycles. The Bertz CT molecular complexity index is 1030. The second kappa shape index (κ2) is 11.1. The minimum Gasteiger partial charge on any atom is -0.375 e. The number of halogens is 1. The molecule has 10 nitrogen and oxygen atoms in total. The van der Waals surface area contributed by atoms with Crippen molar-refractivity contribution in [3.63, 3.8) is 0 Å². The summed E-state index contributed by atoms with van der Waals surface area (Å²) in [5, 5.41) is 24.3. The number of anilines is 3. The smallest absolute Gasteiger partial charge is 0.228 e. The van der Waals surface area contributed by atoms with Crippen LogP contribution < -0.4 is 15.5 Å². The van der Waals surface area contributed by atoms with Crippen LogP contribution in [0, 0.1) is 5.41 Å². The summed E-state index contributed by atoms with van der Waals surface area (Å²) in [6.45, 7) is 8.84. The second-order valence-corrected chi connectivity index (χ2v) is 12.2. The van der Waals surface area contributed by atoms with Crippen LogP contribution in [-0.4, -0.2) is 82.2 Å². The molecular weight excluding hydrogens is 500 g/mol. The van der Waals surface area contributed by atoms with Crippen molar-refractivity contribution < 1.29 is 9.53 Å². The molecule has 2 aromatic rings. The summed E-state index contributed by atoms with van der Waals surface area (Å²) in [4.78, 5) is 17.4. The lowest BCUT2D eigenvalue weighted by Gasteiger charge is -2.43. The van der Waals surface area contributed by atoms with Crippen LogP contribution in [0.15, 0.2) is 12.1 Å². The van der Waals surface area contributed by atoms with Crippen molar-refractivity contribution in [2.24, 2.45) is 5.41 Å². The number of amides is 1. The van der Waals surface area contributed by atoms with Crippen LogP contribution in [0.25, 0.3) is 0 Å². The van der Waals surface area contributed by atoms with E-state index in [1.807, 2.05) is 6.07 Å². The Morgan fingerprint density at radius 2 is 1.92 bits per heavy atom. The highest BCUT2D eigenvalue weighted by Gasteiger charge is 2.33. The van der Waals surface area contributed by atoms with E-state index in [2.05, 4.69) is 54.7 Å². The van der Waals surface area contributed by atoms with Gasteiger partial charge in [0.2, 0.25) is 16.2 Å². The SMILES string of the molecule is CC1(C)CCC(N2CCOC(CC(=O)Nc3nnc(N[C@@H]4CCN(c5ccc(Cl)nn5)C4)s3)C2)CC1. The summed E-state index contributed by atoms with van der Waals surface area (Å²) < 4.78 is 5.93. The monoisotopic (exact) mass is 534 g/mol. The Hall–Kier alpha value is -2.08. The highest BCUT2D eigenvalue weighted by molar-refractivity contribution is 7.19. The number of nitrogens with zero attached hydrogens (tertiary/aromatic N) is 6. The molecule has 2 atom stereocenters. The largest absolute Gasteiger partial charge is 0.375 e. The van der Waals surface area contributed by atoms with Crippen molar-refractivity contribution in [3.05, 3.63) is 17.3 Å². The molecule has 2 saturated heterocycles. The Balaban J connectivity index is 1.06. The fraction of sp³-hybridized carbons (Fsp3) is 0.708. The number of morpholine rings is 1. The number of carbonyl (C=O) groups excluding carboxylic acids is 1. The molecule has 0 bridgehead atoms. The van der Waals surface area contributed by atoms with E-state index in [1.165, 1.54) is 37.0 Å². The first-order valence-corrected chi connectivity index (χ1v) is 14.0. The van der Waals surface area contributed by atoms with Crippen molar-refractivity contribution in [1.82, 2.24) is 25.3 Å². The quantitative estimate of drug-likeness (QED) is 0.550. The molecule has 0 aromatic carbocycles. The molecule has 2 aromatic heterocycles. The van der Waals surface area contributed by atoms with E-state index in [0.717, 1.165) is 38.4 Å². The zero-order valence-corrected chi connectivity index (χ0v) is 22.5. The minimum atomic E-state index is -0.0837. The van der Waals surface area contributed by atoms with Crippen molar-refractivity contribution >= 4 is 44.9 Å². The van der Waals surface area contributed by atoms with Gasteiger partial charge >= 0.3 is 0 Å². The predicted octanol–water partition coefficient (Wildman–Crippen LogP) is 3.67. The molecule has 3 aliphatic rings. The van der Waals surface area contributed by atoms with Gasteiger partial charge in [0.05, 0.1) is 19.1 Å². The van der Waals surface area contributed by atoms with E-state index < -0.39 is 0 Å². The van der Waals surface area contributed by atoms with E-state index in [1.54, 1.807) is 6.07 Å². The fourth-order valence-corrected chi connectivity index (χ4v) is 6.23. The lowest BCUT2D eigenvalue weighted by molar-refractivity contribution is -0.122. The Kier molecular flexibility index (Phi) is 7.90. The summed E-state index contributed by atoms with van der Waals surface area (Å²) in [7, 11) is 0. The van der Waals surface area contributed by atoms with Crippen molar-refractivity contribution in [3.8, 4) is 0 Å². The maximum absolute atomic E-state index is 12.7. The van der Waals surface area contributed by atoms with E-state index in [0.29, 0.717) is 39.9 Å². The maximum Gasteiger partial charge on any atom is 0.228 e.